The molecule has 17 heavy (non-hydrogen) atoms. The number of hydrogen-bond acceptors (Lipinski definition) is 3. The van der Waals surface area contributed by atoms with Gasteiger partial charge in [-0.1, -0.05) is 17.7 Å². The minimum Gasteiger partial charge on any atom is -0.313 e. The van der Waals surface area contributed by atoms with Crippen LogP contribution in [0.5, 0.6) is 0 Å². The van der Waals surface area contributed by atoms with Gasteiger partial charge in [0.05, 0.1) is 4.34 Å². The van der Waals surface area contributed by atoms with Crippen LogP contribution in [-0.4, -0.2) is 12.0 Å². The van der Waals surface area contributed by atoms with E-state index in [1.165, 1.54) is 10.4 Å². The van der Waals surface area contributed by atoms with Gasteiger partial charge in [-0.2, -0.15) is 0 Å². The van der Waals surface area contributed by atoms with Crippen LogP contribution in [-0.2, 0) is 6.42 Å². The molecule has 2 aromatic rings. The molecule has 0 fully saturated rings. The molecular weight excluding hydrogens is 252 g/mol. The highest BCUT2D eigenvalue weighted by molar-refractivity contribution is 7.16. The summed E-state index contributed by atoms with van der Waals surface area (Å²) in [6.07, 6.45) is 2.77. The molecule has 0 aliphatic rings. The molecule has 0 amide bonds. The number of likely N-dealkylation sites (N-methyl/N-ethyl adjacent to an activating group) is 1. The van der Waals surface area contributed by atoms with Crippen LogP contribution in [0.25, 0.3) is 0 Å². The molecule has 1 unspecified atom stereocenters. The van der Waals surface area contributed by atoms with E-state index in [1.54, 1.807) is 11.3 Å². The average Bonchev–Trinajstić information content (AvgIpc) is 2.73. The first-order valence-corrected chi connectivity index (χ1v) is 6.73. The highest BCUT2D eigenvalue weighted by Gasteiger charge is 2.13. The monoisotopic (exact) mass is 266 g/mol. The maximum absolute atomic E-state index is 5.95. The Balaban J connectivity index is 2.20. The summed E-state index contributed by atoms with van der Waals surface area (Å²) in [7, 11) is 1.98. The predicted molar refractivity (Wildman–Crippen MR) is 73.8 cm³/mol. The molecule has 0 aliphatic carbocycles. The van der Waals surface area contributed by atoms with Crippen molar-refractivity contribution in [1.82, 2.24) is 10.3 Å². The van der Waals surface area contributed by atoms with Crippen molar-refractivity contribution in [2.45, 2.75) is 19.4 Å². The summed E-state index contributed by atoms with van der Waals surface area (Å²) in [5, 5.41) is 3.34. The van der Waals surface area contributed by atoms with E-state index in [9.17, 15) is 0 Å². The first-order chi connectivity index (χ1) is 8.20. The lowest BCUT2D eigenvalue weighted by Gasteiger charge is -2.17. The predicted octanol–water partition coefficient (Wildman–Crippen LogP) is 3.61. The van der Waals surface area contributed by atoms with Gasteiger partial charge in [0.1, 0.15) is 0 Å². The molecule has 0 radical (unpaired) electrons. The maximum atomic E-state index is 5.95. The van der Waals surface area contributed by atoms with Gasteiger partial charge in [0, 0.05) is 29.2 Å². The van der Waals surface area contributed by atoms with E-state index in [0.717, 1.165) is 16.5 Å². The Hall–Kier alpha value is -0.900. The van der Waals surface area contributed by atoms with Gasteiger partial charge in [0.2, 0.25) is 0 Å². The second-order valence-electron chi connectivity index (χ2n) is 3.93. The number of hydrogen-bond donors (Lipinski definition) is 1. The average molecular weight is 267 g/mol. The number of pyridine rings is 1. The van der Waals surface area contributed by atoms with Crippen LogP contribution in [0.2, 0.25) is 4.34 Å². The number of aromatic nitrogens is 1. The van der Waals surface area contributed by atoms with Crippen molar-refractivity contribution in [3.63, 3.8) is 0 Å². The van der Waals surface area contributed by atoms with Crippen molar-refractivity contribution in [2.24, 2.45) is 0 Å². The van der Waals surface area contributed by atoms with Gasteiger partial charge in [0.25, 0.3) is 0 Å². The Morgan fingerprint density at radius 1 is 1.41 bits per heavy atom. The Labute approximate surface area is 111 Å². The second kappa shape index (κ2) is 5.63. The molecule has 2 heterocycles. The largest absolute Gasteiger partial charge is 0.313 e. The van der Waals surface area contributed by atoms with Crippen LogP contribution in [0, 0.1) is 6.92 Å². The summed E-state index contributed by atoms with van der Waals surface area (Å²) >= 11 is 7.59. The highest BCUT2D eigenvalue weighted by Crippen LogP contribution is 2.27. The van der Waals surface area contributed by atoms with Gasteiger partial charge < -0.3 is 5.32 Å². The zero-order valence-electron chi connectivity index (χ0n) is 9.90. The molecule has 0 saturated heterocycles. The Kier molecular flexibility index (Phi) is 4.15. The molecule has 4 heteroatoms. The third-order valence-electron chi connectivity index (χ3n) is 2.81. The number of thiophene rings is 1. The van der Waals surface area contributed by atoms with Crippen molar-refractivity contribution < 1.29 is 0 Å². The number of nitrogens with zero attached hydrogens (tertiary/aromatic N) is 1. The van der Waals surface area contributed by atoms with Crippen LogP contribution < -0.4 is 5.32 Å². The molecule has 1 atom stereocenters. The van der Waals surface area contributed by atoms with E-state index in [4.69, 9.17) is 11.6 Å². The topological polar surface area (TPSA) is 24.9 Å². The number of nitrogens with one attached hydrogen (secondary N) is 1. The molecule has 2 rings (SSSR count). The first-order valence-electron chi connectivity index (χ1n) is 5.53. The molecule has 0 bridgehead atoms. The standard InChI is InChI=1S/C13H15ClN2S/c1-9-11(4-3-7-16-9)12(15-2)8-10-5-6-13(14)17-10/h3-7,12,15H,8H2,1-2H3. The maximum Gasteiger partial charge on any atom is 0.0931 e. The fourth-order valence-electron chi connectivity index (χ4n) is 1.90. The van der Waals surface area contributed by atoms with E-state index in [0.29, 0.717) is 6.04 Å². The number of halogens is 1. The highest BCUT2D eigenvalue weighted by atomic mass is 35.5. The van der Waals surface area contributed by atoms with E-state index in [2.05, 4.69) is 22.4 Å². The Bertz CT molecular complexity index is 496. The molecule has 0 saturated carbocycles. The molecule has 2 nitrogen and oxygen atoms in total. The molecule has 2 aromatic heterocycles. The van der Waals surface area contributed by atoms with Crippen LogP contribution in [0.15, 0.2) is 30.5 Å². The molecule has 0 aromatic carbocycles. The van der Waals surface area contributed by atoms with E-state index >= 15 is 0 Å². The lowest BCUT2D eigenvalue weighted by atomic mass is 10.0. The van der Waals surface area contributed by atoms with Crippen molar-refractivity contribution in [3.8, 4) is 0 Å². The summed E-state index contributed by atoms with van der Waals surface area (Å²) in [6.45, 7) is 2.04. The molecule has 0 spiro atoms. The smallest absolute Gasteiger partial charge is 0.0931 e. The quantitative estimate of drug-likeness (QED) is 0.915. The van der Waals surface area contributed by atoms with Crippen molar-refractivity contribution in [1.29, 1.82) is 0 Å². The molecule has 0 aliphatic heterocycles. The van der Waals surface area contributed by atoms with Crippen molar-refractivity contribution in [3.05, 3.63) is 50.9 Å². The molecule has 90 valence electrons. The third-order valence-corrected chi connectivity index (χ3v) is 4.06. The SMILES string of the molecule is CNC(Cc1ccc(Cl)s1)c1cccnc1C. The molecular formula is C13H15ClN2S. The van der Waals surface area contributed by atoms with Gasteiger partial charge in [-0.05, 0) is 37.7 Å². The summed E-state index contributed by atoms with van der Waals surface area (Å²) in [4.78, 5) is 5.62. The van der Waals surface area contributed by atoms with E-state index in [-0.39, 0.29) is 0 Å². The summed E-state index contributed by atoms with van der Waals surface area (Å²) < 4.78 is 0.845. The van der Waals surface area contributed by atoms with Gasteiger partial charge >= 0.3 is 0 Å². The van der Waals surface area contributed by atoms with Crippen molar-refractivity contribution >= 4 is 22.9 Å². The van der Waals surface area contributed by atoms with Crippen LogP contribution in [0.3, 0.4) is 0 Å². The normalized spacial score (nSPS) is 12.6. The fourth-order valence-corrected chi connectivity index (χ4v) is 3.03. The zero-order chi connectivity index (χ0) is 12.3. The first kappa shape index (κ1) is 12.6. The van der Waals surface area contributed by atoms with Gasteiger partial charge in [0.15, 0.2) is 0 Å². The van der Waals surface area contributed by atoms with E-state index in [1.807, 2.05) is 32.3 Å². The minimum atomic E-state index is 0.290. The minimum absolute atomic E-state index is 0.290. The van der Waals surface area contributed by atoms with Gasteiger partial charge in [-0.25, -0.2) is 0 Å². The summed E-state index contributed by atoms with van der Waals surface area (Å²) in [5.74, 6) is 0. The lowest BCUT2D eigenvalue weighted by Crippen LogP contribution is -2.19. The zero-order valence-corrected chi connectivity index (χ0v) is 11.5. The van der Waals surface area contributed by atoms with Gasteiger partial charge in [-0.3, -0.25) is 4.98 Å². The Morgan fingerprint density at radius 3 is 2.82 bits per heavy atom. The van der Waals surface area contributed by atoms with Gasteiger partial charge in [-0.15, -0.1) is 11.3 Å². The summed E-state index contributed by atoms with van der Waals surface area (Å²) in [6, 6.07) is 8.43. The number of aryl methyl sites for hydroxylation is 1. The molecule has 1 N–H and O–H groups in total. The van der Waals surface area contributed by atoms with Crippen LogP contribution in [0.1, 0.15) is 22.2 Å². The van der Waals surface area contributed by atoms with Crippen LogP contribution in [0.4, 0.5) is 0 Å². The number of rotatable bonds is 4. The van der Waals surface area contributed by atoms with Crippen LogP contribution >= 0.6 is 22.9 Å². The fraction of sp³-hybridized carbons (Fsp3) is 0.308. The van der Waals surface area contributed by atoms with E-state index < -0.39 is 0 Å². The Morgan fingerprint density at radius 2 is 2.24 bits per heavy atom. The second-order valence-corrected chi connectivity index (χ2v) is 5.73. The lowest BCUT2D eigenvalue weighted by molar-refractivity contribution is 0.590. The summed E-state index contributed by atoms with van der Waals surface area (Å²) in [5.41, 5.74) is 2.33. The third kappa shape index (κ3) is 3.06. The van der Waals surface area contributed by atoms with Crippen molar-refractivity contribution in [2.75, 3.05) is 7.05 Å².